The average Bonchev–Trinajstić information content (AvgIpc) is 3.07. The van der Waals surface area contributed by atoms with Crippen LogP contribution >= 0.6 is 11.8 Å². The number of hydrogen-bond donors (Lipinski definition) is 0. The van der Waals surface area contributed by atoms with Crippen LogP contribution in [0, 0.1) is 5.41 Å². The molecule has 1 aliphatic carbocycles. The maximum absolute atomic E-state index is 5.24. The van der Waals surface area contributed by atoms with Crippen molar-refractivity contribution in [3.8, 4) is 0 Å². The molecule has 2 unspecified atom stereocenters. The van der Waals surface area contributed by atoms with Crippen molar-refractivity contribution >= 4 is 29.8 Å². The number of fused-ring (bicyclic) bond motifs is 2. The maximum Gasteiger partial charge on any atom is 0.156 e. The molecule has 0 N–H and O–H groups in total. The van der Waals surface area contributed by atoms with E-state index in [9.17, 15) is 0 Å². The van der Waals surface area contributed by atoms with E-state index in [-0.39, 0.29) is 11.6 Å². The summed E-state index contributed by atoms with van der Waals surface area (Å²) in [5, 5.41) is 6.91. The Bertz CT molecular complexity index is 967. The summed E-state index contributed by atoms with van der Waals surface area (Å²) in [6.45, 7) is 7.70. The standard InChI is InChI=1S/C25H30N4S/c1-19-15-23(17-28-11-13-30-14-12-28)27-24-25(2,18-26-29(19)24)22-10-6-5-8-20-7-3-4-9-21(20)16-22/h3-4,6-7,9-10,15-16,18,24H,5,8,11-14,17H2,1-2H3. The first-order valence-corrected chi connectivity index (χ1v) is 12.1. The molecule has 4 nitrogen and oxygen atoms in total. The molecule has 156 valence electrons. The fourth-order valence-corrected chi connectivity index (χ4v) is 5.72. The van der Waals surface area contributed by atoms with Gasteiger partial charge in [-0.1, -0.05) is 42.5 Å². The molecule has 0 radical (unpaired) electrons. The van der Waals surface area contributed by atoms with Gasteiger partial charge in [0.2, 0.25) is 0 Å². The second-order valence-corrected chi connectivity index (χ2v) is 10.0. The van der Waals surface area contributed by atoms with Crippen molar-refractivity contribution in [1.82, 2.24) is 9.91 Å². The second kappa shape index (κ2) is 8.20. The molecule has 30 heavy (non-hydrogen) atoms. The summed E-state index contributed by atoms with van der Waals surface area (Å²) in [6, 6.07) is 8.76. The first-order chi connectivity index (χ1) is 14.6. The van der Waals surface area contributed by atoms with Crippen LogP contribution in [0.3, 0.4) is 0 Å². The molecule has 1 aromatic rings. The number of rotatable bonds is 3. The van der Waals surface area contributed by atoms with Crippen LogP contribution in [0.5, 0.6) is 0 Å². The largest absolute Gasteiger partial charge is 0.296 e. The topological polar surface area (TPSA) is 31.2 Å². The summed E-state index contributed by atoms with van der Waals surface area (Å²) in [4.78, 5) is 7.78. The van der Waals surface area contributed by atoms with Gasteiger partial charge in [0.25, 0.3) is 0 Å². The minimum absolute atomic E-state index is 0.0147. The van der Waals surface area contributed by atoms with Crippen LogP contribution in [0.25, 0.3) is 6.08 Å². The Balaban J connectivity index is 1.48. The Morgan fingerprint density at radius 1 is 1.17 bits per heavy atom. The molecule has 4 aliphatic rings. The van der Waals surface area contributed by atoms with Crippen LogP contribution in [-0.2, 0) is 6.42 Å². The number of benzene rings is 1. The normalized spacial score (nSPS) is 28.8. The van der Waals surface area contributed by atoms with Gasteiger partial charge in [-0.15, -0.1) is 0 Å². The van der Waals surface area contributed by atoms with Crippen molar-refractivity contribution in [3.05, 3.63) is 64.9 Å². The van der Waals surface area contributed by atoms with Crippen LogP contribution in [0.15, 0.2) is 63.9 Å². The third kappa shape index (κ3) is 3.69. The molecule has 1 fully saturated rings. The van der Waals surface area contributed by atoms with Gasteiger partial charge >= 0.3 is 0 Å². The van der Waals surface area contributed by atoms with E-state index in [1.165, 1.54) is 39.6 Å². The van der Waals surface area contributed by atoms with Gasteiger partial charge in [0.15, 0.2) is 6.17 Å². The minimum Gasteiger partial charge on any atom is -0.296 e. The van der Waals surface area contributed by atoms with Gasteiger partial charge in [-0.3, -0.25) is 9.89 Å². The molecule has 0 aromatic heterocycles. The molecular formula is C25H30N4S. The van der Waals surface area contributed by atoms with E-state index in [4.69, 9.17) is 10.1 Å². The molecule has 3 heterocycles. The lowest BCUT2D eigenvalue weighted by molar-refractivity contribution is 0.226. The van der Waals surface area contributed by atoms with Gasteiger partial charge in [0.1, 0.15) is 0 Å². The Morgan fingerprint density at radius 3 is 2.87 bits per heavy atom. The number of aryl methyl sites for hydroxylation is 1. The molecule has 0 spiro atoms. The molecule has 0 saturated carbocycles. The number of hydrogen-bond acceptors (Lipinski definition) is 5. The monoisotopic (exact) mass is 418 g/mol. The highest BCUT2D eigenvalue weighted by atomic mass is 32.2. The summed E-state index contributed by atoms with van der Waals surface area (Å²) in [5.74, 6) is 2.45. The van der Waals surface area contributed by atoms with Crippen LogP contribution in [0.2, 0.25) is 0 Å². The number of hydrazone groups is 1. The highest BCUT2D eigenvalue weighted by molar-refractivity contribution is 7.99. The predicted octanol–water partition coefficient (Wildman–Crippen LogP) is 4.61. The van der Waals surface area contributed by atoms with Crippen LogP contribution in [-0.4, -0.2) is 59.1 Å². The number of aliphatic imine (C=N–C) groups is 1. The summed E-state index contributed by atoms with van der Waals surface area (Å²) < 4.78 is 0. The molecule has 5 heteroatoms. The fraction of sp³-hybridized carbons (Fsp3) is 0.440. The van der Waals surface area contributed by atoms with Crippen molar-refractivity contribution in [1.29, 1.82) is 0 Å². The second-order valence-electron chi connectivity index (χ2n) is 8.78. The van der Waals surface area contributed by atoms with Crippen molar-refractivity contribution in [3.63, 3.8) is 0 Å². The Morgan fingerprint density at radius 2 is 2.00 bits per heavy atom. The van der Waals surface area contributed by atoms with Gasteiger partial charge in [-0.2, -0.15) is 16.9 Å². The van der Waals surface area contributed by atoms with Crippen LogP contribution < -0.4 is 0 Å². The lowest BCUT2D eigenvalue weighted by Crippen LogP contribution is -2.43. The van der Waals surface area contributed by atoms with Crippen molar-refractivity contribution < 1.29 is 0 Å². The molecule has 0 amide bonds. The van der Waals surface area contributed by atoms with E-state index in [1.54, 1.807) is 0 Å². The van der Waals surface area contributed by atoms with E-state index in [0.717, 1.165) is 32.5 Å². The van der Waals surface area contributed by atoms with Crippen molar-refractivity contribution in [2.75, 3.05) is 31.1 Å². The summed E-state index contributed by atoms with van der Waals surface area (Å²) in [7, 11) is 0. The Labute approximate surface area is 184 Å². The van der Waals surface area contributed by atoms with E-state index in [0.29, 0.717) is 0 Å². The summed E-state index contributed by atoms with van der Waals surface area (Å²) in [6.07, 6.45) is 13.4. The zero-order valence-electron chi connectivity index (χ0n) is 17.9. The van der Waals surface area contributed by atoms with E-state index < -0.39 is 0 Å². The number of nitrogens with zero attached hydrogens (tertiary/aromatic N) is 4. The van der Waals surface area contributed by atoms with Gasteiger partial charge in [0, 0.05) is 43.1 Å². The number of thioether (sulfide) groups is 1. The highest BCUT2D eigenvalue weighted by Gasteiger charge is 2.45. The fourth-order valence-electron chi connectivity index (χ4n) is 4.74. The summed E-state index contributed by atoms with van der Waals surface area (Å²) >= 11 is 2.05. The summed E-state index contributed by atoms with van der Waals surface area (Å²) in [5.41, 5.74) is 6.16. The van der Waals surface area contributed by atoms with Gasteiger partial charge in [0.05, 0.1) is 11.1 Å². The minimum atomic E-state index is -0.251. The first kappa shape index (κ1) is 19.8. The molecule has 1 aromatic carbocycles. The smallest absolute Gasteiger partial charge is 0.156 e. The van der Waals surface area contributed by atoms with E-state index in [1.807, 2.05) is 0 Å². The SMILES string of the molecule is CC1=CC(CN2CCSCC2)=NC2N1N=CC2(C)C1=Cc2ccccc2CCC=C1. The highest BCUT2D eigenvalue weighted by Crippen LogP contribution is 2.43. The van der Waals surface area contributed by atoms with Crippen LogP contribution in [0.4, 0.5) is 0 Å². The molecule has 0 bridgehead atoms. The molecule has 1 saturated heterocycles. The number of allylic oxidation sites excluding steroid dienone is 3. The Kier molecular flexibility index (Phi) is 5.42. The maximum atomic E-state index is 5.24. The molecule has 3 aliphatic heterocycles. The van der Waals surface area contributed by atoms with E-state index in [2.05, 4.69) is 90.3 Å². The predicted molar refractivity (Wildman–Crippen MR) is 129 cm³/mol. The van der Waals surface area contributed by atoms with Crippen molar-refractivity contribution in [2.45, 2.75) is 32.9 Å². The average molecular weight is 419 g/mol. The van der Waals surface area contributed by atoms with Crippen molar-refractivity contribution in [2.24, 2.45) is 15.5 Å². The van der Waals surface area contributed by atoms with Gasteiger partial charge in [-0.05, 0) is 49.5 Å². The van der Waals surface area contributed by atoms with E-state index >= 15 is 0 Å². The quantitative estimate of drug-likeness (QED) is 0.718. The lowest BCUT2D eigenvalue weighted by Gasteiger charge is -2.37. The zero-order valence-corrected chi connectivity index (χ0v) is 18.7. The lowest BCUT2D eigenvalue weighted by atomic mass is 9.78. The third-order valence-corrected chi connectivity index (χ3v) is 7.54. The Hall–Kier alpha value is -2.11. The molecule has 2 atom stereocenters. The molecule has 5 rings (SSSR count). The molecular weight excluding hydrogens is 388 g/mol. The van der Waals surface area contributed by atoms with Gasteiger partial charge in [-0.25, -0.2) is 5.01 Å². The zero-order chi connectivity index (χ0) is 20.6. The van der Waals surface area contributed by atoms with Gasteiger partial charge < -0.3 is 0 Å². The van der Waals surface area contributed by atoms with Crippen LogP contribution in [0.1, 0.15) is 31.4 Å². The first-order valence-electron chi connectivity index (χ1n) is 11.0. The third-order valence-electron chi connectivity index (χ3n) is 6.60.